The Morgan fingerprint density at radius 3 is 2.53 bits per heavy atom. The summed E-state index contributed by atoms with van der Waals surface area (Å²) in [6.07, 6.45) is 1.46. The van der Waals surface area contributed by atoms with Crippen LogP contribution in [0.4, 0.5) is 5.82 Å². The highest BCUT2D eigenvalue weighted by atomic mass is 35.5. The molecule has 0 spiro atoms. The van der Waals surface area contributed by atoms with Crippen LogP contribution in [0.2, 0.25) is 5.02 Å². The van der Waals surface area contributed by atoms with Crippen LogP contribution in [-0.4, -0.2) is 17.0 Å². The van der Waals surface area contributed by atoms with E-state index in [1.165, 1.54) is 6.33 Å². The first-order valence-corrected chi connectivity index (χ1v) is 5.51. The summed E-state index contributed by atoms with van der Waals surface area (Å²) in [5, 5.41) is 3.65. The molecule has 0 saturated carbocycles. The molecule has 1 aromatic heterocycles. The minimum atomic E-state index is 0.534. The summed E-state index contributed by atoms with van der Waals surface area (Å²) >= 11 is 5.80. The monoisotopic (exact) mass is 249 g/mol. The van der Waals surface area contributed by atoms with Crippen LogP contribution in [-0.2, 0) is 0 Å². The zero-order valence-electron chi connectivity index (χ0n) is 9.57. The van der Waals surface area contributed by atoms with Crippen molar-refractivity contribution in [1.29, 1.82) is 0 Å². The Kier molecular flexibility index (Phi) is 3.44. The van der Waals surface area contributed by atoms with Gasteiger partial charge in [0, 0.05) is 12.1 Å². The molecule has 1 aromatic carbocycles. The number of halogens is 1. The fraction of sp³-hybridized carbons (Fsp3) is 0.167. The standard InChI is InChI=1S/C12H12ClN3O/c1-8-11(14-2)15-7-16-12(8)17-10-5-3-9(13)4-6-10/h3-7H,1-2H3,(H,14,15,16). The Morgan fingerprint density at radius 2 is 1.88 bits per heavy atom. The number of nitrogens with zero attached hydrogens (tertiary/aromatic N) is 2. The average Bonchev–Trinajstić information content (AvgIpc) is 2.35. The summed E-state index contributed by atoms with van der Waals surface area (Å²) < 4.78 is 5.66. The summed E-state index contributed by atoms with van der Waals surface area (Å²) in [5.41, 5.74) is 0.866. The van der Waals surface area contributed by atoms with E-state index in [0.29, 0.717) is 16.7 Å². The van der Waals surface area contributed by atoms with Crippen molar-refractivity contribution in [2.45, 2.75) is 6.92 Å². The highest BCUT2D eigenvalue weighted by molar-refractivity contribution is 6.30. The molecule has 2 rings (SSSR count). The Labute approximate surface area is 105 Å². The molecule has 0 atom stereocenters. The average molecular weight is 250 g/mol. The Morgan fingerprint density at radius 1 is 1.18 bits per heavy atom. The summed E-state index contributed by atoms with van der Waals surface area (Å²) in [6, 6.07) is 7.13. The van der Waals surface area contributed by atoms with Gasteiger partial charge in [-0.05, 0) is 31.2 Å². The fourth-order valence-electron chi connectivity index (χ4n) is 1.40. The maximum atomic E-state index is 5.80. The predicted molar refractivity (Wildman–Crippen MR) is 67.8 cm³/mol. The van der Waals surface area contributed by atoms with Crippen LogP contribution in [0.15, 0.2) is 30.6 Å². The first-order chi connectivity index (χ1) is 8.20. The summed E-state index contributed by atoms with van der Waals surface area (Å²) in [7, 11) is 1.81. The van der Waals surface area contributed by atoms with Gasteiger partial charge in [-0.3, -0.25) is 0 Å². The van der Waals surface area contributed by atoms with Gasteiger partial charge in [0.25, 0.3) is 0 Å². The van der Waals surface area contributed by atoms with Crippen LogP contribution < -0.4 is 10.1 Å². The molecule has 1 N–H and O–H groups in total. The Bertz CT molecular complexity index is 514. The fourth-order valence-corrected chi connectivity index (χ4v) is 1.53. The predicted octanol–water partition coefficient (Wildman–Crippen LogP) is 3.27. The van der Waals surface area contributed by atoms with Gasteiger partial charge in [-0.2, -0.15) is 0 Å². The molecular formula is C12H12ClN3O. The van der Waals surface area contributed by atoms with E-state index in [-0.39, 0.29) is 0 Å². The number of ether oxygens (including phenoxy) is 1. The number of benzene rings is 1. The Balaban J connectivity index is 2.27. The van der Waals surface area contributed by atoms with Crippen molar-refractivity contribution in [1.82, 2.24) is 9.97 Å². The third-order valence-electron chi connectivity index (χ3n) is 2.30. The second kappa shape index (κ2) is 5.01. The molecule has 17 heavy (non-hydrogen) atoms. The van der Waals surface area contributed by atoms with Crippen molar-refractivity contribution >= 4 is 17.4 Å². The number of hydrogen-bond donors (Lipinski definition) is 1. The van der Waals surface area contributed by atoms with E-state index in [1.54, 1.807) is 31.3 Å². The first-order valence-electron chi connectivity index (χ1n) is 5.13. The molecule has 1 heterocycles. The lowest BCUT2D eigenvalue weighted by Gasteiger charge is -2.09. The van der Waals surface area contributed by atoms with Crippen LogP contribution in [0, 0.1) is 6.92 Å². The van der Waals surface area contributed by atoms with E-state index >= 15 is 0 Å². The van der Waals surface area contributed by atoms with Gasteiger partial charge in [-0.25, -0.2) is 9.97 Å². The van der Waals surface area contributed by atoms with E-state index < -0.39 is 0 Å². The van der Waals surface area contributed by atoms with Crippen molar-refractivity contribution in [3.8, 4) is 11.6 Å². The molecule has 0 aliphatic carbocycles. The van der Waals surface area contributed by atoms with Gasteiger partial charge in [-0.15, -0.1) is 0 Å². The lowest BCUT2D eigenvalue weighted by molar-refractivity contribution is 0.458. The van der Waals surface area contributed by atoms with Crippen LogP contribution in [0.5, 0.6) is 11.6 Å². The molecule has 0 bridgehead atoms. The lowest BCUT2D eigenvalue weighted by atomic mass is 10.3. The number of nitrogens with one attached hydrogen (secondary N) is 1. The number of rotatable bonds is 3. The van der Waals surface area contributed by atoms with Crippen LogP contribution in [0.3, 0.4) is 0 Å². The second-order valence-electron chi connectivity index (χ2n) is 3.46. The van der Waals surface area contributed by atoms with E-state index in [9.17, 15) is 0 Å². The second-order valence-corrected chi connectivity index (χ2v) is 3.89. The Hall–Kier alpha value is -1.81. The SMILES string of the molecule is CNc1ncnc(Oc2ccc(Cl)cc2)c1C. The molecule has 4 nitrogen and oxygen atoms in total. The minimum Gasteiger partial charge on any atom is -0.439 e. The van der Waals surface area contributed by atoms with E-state index in [1.807, 2.05) is 6.92 Å². The maximum absolute atomic E-state index is 5.80. The van der Waals surface area contributed by atoms with E-state index in [4.69, 9.17) is 16.3 Å². The third-order valence-corrected chi connectivity index (χ3v) is 2.55. The molecule has 0 fully saturated rings. The topological polar surface area (TPSA) is 47.0 Å². The first kappa shape index (κ1) is 11.7. The molecule has 0 amide bonds. The van der Waals surface area contributed by atoms with Gasteiger partial charge in [0.2, 0.25) is 5.88 Å². The molecule has 0 aliphatic rings. The van der Waals surface area contributed by atoms with Gasteiger partial charge in [0.05, 0.1) is 5.56 Å². The molecular weight excluding hydrogens is 238 g/mol. The van der Waals surface area contributed by atoms with Crippen LogP contribution in [0.25, 0.3) is 0 Å². The highest BCUT2D eigenvalue weighted by Gasteiger charge is 2.07. The lowest BCUT2D eigenvalue weighted by Crippen LogP contribution is -1.99. The number of anilines is 1. The molecule has 5 heteroatoms. The van der Waals surface area contributed by atoms with Crippen LogP contribution in [0.1, 0.15) is 5.56 Å². The minimum absolute atomic E-state index is 0.534. The van der Waals surface area contributed by atoms with Crippen molar-refractivity contribution < 1.29 is 4.74 Å². The van der Waals surface area contributed by atoms with Gasteiger partial charge < -0.3 is 10.1 Å². The van der Waals surface area contributed by atoms with Gasteiger partial charge in [0.1, 0.15) is 17.9 Å². The summed E-state index contributed by atoms with van der Waals surface area (Å²) in [4.78, 5) is 8.19. The molecule has 0 radical (unpaired) electrons. The van der Waals surface area contributed by atoms with Crippen molar-refractivity contribution in [3.63, 3.8) is 0 Å². The molecule has 0 aliphatic heterocycles. The maximum Gasteiger partial charge on any atom is 0.227 e. The molecule has 88 valence electrons. The normalized spacial score (nSPS) is 10.1. The van der Waals surface area contributed by atoms with Crippen molar-refractivity contribution in [3.05, 3.63) is 41.2 Å². The van der Waals surface area contributed by atoms with Crippen molar-refractivity contribution in [2.24, 2.45) is 0 Å². The van der Waals surface area contributed by atoms with Gasteiger partial charge >= 0.3 is 0 Å². The smallest absolute Gasteiger partial charge is 0.227 e. The number of aromatic nitrogens is 2. The van der Waals surface area contributed by atoms with Crippen LogP contribution >= 0.6 is 11.6 Å². The zero-order valence-corrected chi connectivity index (χ0v) is 10.3. The molecule has 0 saturated heterocycles. The highest BCUT2D eigenvalue weighted by Crippen LogP contribution is 2.26. The summed E-state index contributed by atoms with van der Waals surface area (Å²) in [5.74, 6) is 1.98. The van der Waals surface area contributed by atoms with Gasteiger partial charge in [-0.1, -0.05) is 11.6 Å². The largest absolute Gasteiger partial charge is 0.439 e. The molecule has 0 unspecified atom stereocenters. The van der Waals surface area contributed by atoms with E-state index in [0.717, 1.165) is 11.4 Å². The number of hydrogen-bond acceptors (Lipinski definition) is 4. The van der Waals surface area contributed by atoms with E-state index in [2.05, 4.69) is 15.3 Å². The molecule has 2 aromatic rings. The quantitative estimate of drug-likeness (QED) is 0.907. The summed E-state index contributed by atoms with van der Waals surface area (Å²) in [6.45, 7) is 1.90. The third kappa shape index (κ3) is 2.65. The zero-order chi connectivity index (χ0) is 12.3. The van der Waals surface area contributed by atoms with Crippen molar-refractivity contribution in [2.75, 3.05) is 12.4 Å². The van der Waals surface area contributed by atoms with Gasteiger partial charge in [0.15, 0.2) is 0 Å².